The Hall–Kier alpha value is -4.20. The van der Waals surface area contributed by atoms with Gasteiger partial charge >= 0.3 is 5.69 Å². The predicted molar refractivity (Wildman–Crippen MR) is 120 cm³/mol. The van der Waals surface area contributed by atoms with Crippen molar-refractivity contribution in [1.29, 1.82) is 0 Å². The lowest BCUT2D eigenvalue weighted by Gasteiger charge is -2.12. The molecule has 32 heavy (non-hydrogen) atoms. The van der Waals surface area contributed by atoms with Crippen molar-refractivity contribution in [3.05, 3.63) is 105 Å². The van der Waals surface area contributed by atoms with E-state index in [0.717, 1.165) is 10.2 Å². The number of hydrogen-bond donors (Lipinski definition) is 1. The fourth-order valence-corrected chi connectivity index (χ4v) is 3.12. The van der Waals surface area contributed by atoms with Crippen LogP contribution in [0, 0.1) is 5.82 Å². The van der Waals surface area contributed by atoms with Gasteiger partial charge in [0.15, 0.2) is 11.5 Å². The summed E-state index contributed by atoms with van der Waals surface area (Å²) < 4.78 is 25.3. The molecule has 0 fully saturated rings. The first-order chi connectivity index (χ1) is 15.5. The van der Waals surface area contributed by atoms with Gasteiger partial charge in [-0.2, -0.15) is 5.10 Å². The first-order valence-corrected chi connectivity index (χ1v) is 9.97. The molecule has 0 aliphatic carbocycles. The van der Waals surface area contributed by atoms with Gasteiger partial charge in [0.25, 0.3) is 5.56 Å². The lowest BCUT2D eigenvalue weighted by atomic mass is 10.2. The van der Waals surface area contributed by atoms with Gasteiger partial charge in [-0.05, 0) is 60.5 Å². The van der Waals surface area contributed by atoms with Crippen LogP contribution in [0.15, 0.2) is 81.4 Å². The number of nitrogens with one attached hydrogen (secondary N) is 1. The topological polar surface area (TPSA) is 85.7 Å². The summed E-state index contributed by atoms with van der Waals surface area (Å²) in [7, 11) is 0. The zero-order chi connectivity index (χ0) is 22.5. The van der Waals surface area contributed by atoms with Crippen LogP contribution in [-0.4, -0.2) is 22.5 Å². The molecule has 0 saturated carbocycles. The van der Waals surface area contributed by atoms with Crippen molar-refractivity contribution in [2.75, 3.05) is 6.61 Å². The minimum absolute atomic E-state index is 0.246. The van der Waals surface area contributed by atoms with Crippen LogP contribution < -0.4 is 20.7 Å². The molecular weight excluding hydrogens is 413 g/mol. The van der Waals surface area contributed by atoms with Crippen molar-refractivity contribution in [2.24, 2.45) is 5.10 Å². The van der Waals surface area contributed by atoms with Gasteiger partial charge in [-0.25, -0.2) is 9.18 Å². The molecule has 0 unspecified atom stereocenters. The van der Waals surface area contributed by atoms with Crippen molar-refractivity contribution in [3.63, 3.8) is 0 Å². The average molecular weight is 433 g/mol. The monoisotopic (exact) mass is 433 g/mol. The Kier molecular flexibility index (Phi) is 6.12. The van der Waals surface area contributed by atoms with E-state index in [0.29, 0.717) is 34.6 Å². The van der Waals surface area contributed by atoms with E-state index in [1.165, 1.54) is 18.3 Å². The van der Waals surface area contributed by atoms with Crippen LogP contribution >= 0.6 is 0 Å². The van der Waals surface area contributed by atoms with E-state index in [1.807, 2.05) is 6.92 Å². The number of rotatable bonds is 7. The zero-order valence-corrected chi connectivity index (χ0v) is 17.2. The minimum atomic E-state index is -0.630. The van der Waals surface area contributed by atoms with E-state index >= 15 is 0 Å². The molecule has 0 aliphatic heterocycles. The Morgan fingerprint density at radius 1 is 1.00 bits per heavy atom. The highest BCUT2D eigenvalue weighted by Gasteiger charge is 2.08. The fourth-order valence-electron chi connectivity index (χ4n) is 3.12. The summed E-state index contributed by atoms with van der Waals surface area (Å²) in [6.45, 7) is 2.51. The number of H-pyrrole nitrogens is 1. The third kappa shape index (κ3) is 4.59. The second-order valence-corrected chi connectivity index (χ2v) is 6.89. The fraction of sp³-hybridized carbons (Fsp3) is 0.125. The SMILES string of the molecule is CCOc1cc(C=Nn2c(=O)[nH]c3ccccc3c2=O)ccc1OCc1ccc(F)cc1. The van der Waals surface area contributed by atoms with E-state index in [-0.39, 0.29) is 12.4 Å². The van der Waals surface area contributed by atoms with Gasteiger partial charge < -0.3 is 14.5 Å². The highest BCUT2D eigenvalue weighted by atomic mass is 19.1. The molecule has 8 heteroatoms. The third-order valence-corrected chi connectivity index (χ3v) is 4.68. The number of aromatic nitrogens is 2. The summed E-state index contributed by atoms with van der Waals surface area (Å²) in [5, 5.41) is 4.43. The Morgan fingerprint density at radius 3 is 2.56 bits per heavy atom. The Labute approximate surface area is 182 Å². The quantitative estimate of drug-likeness (QED) is 0.451. The minimum Gasteiger partial charge on any atom is -0.490 e. The first-order valence-electron chi connectivity index (χ1n) is 9.97. The lowest BCUT2D eigenvalue weighted by molar-refractivity contribution is 0.269. The molecule has 7 nitrogen and oxygen atoms in total. The van der Waals surface area contributed by atoms with E-state index in [2.05, 4.69) is 10.1 Å². The van der Waals surface area contributed by atoms with Crippen molar-refractivity contribution in [3.8, 4) is 11.5 Å². The molecule has 0 atom stereocenters. The van der Waals surface area contributed by atoms with Gasteiger partial charge in [0.05, 0.1) is 23.7 Å². The van der Waals surface area contributed by atoms with Crippen LogP contribution in [0.5, 0.6) is 11.5 Å². The average Bonchev–Trinajstić information content (AvgIpc) is 2.79. The van der Waals surface area contributed by atoms with Gasteiger partial charge in [0.1, 0.15) is 12.4 Å². The zero-order valence-electron chi connectivity index (χ0n) is 17.2. The molecular formula is C24H20FN3O4. The lowest BCUT2D eigenvalue weighted by Crippen LogP contribution is -2.32. The van der Waals surface area contributed by atoms with Crippen molar-refractivity contribution in [1.82, 2.24) is 9.66 Å². The Bertz CT molecular complexity index is 1390. The van der Waals surface area contributed by atoms with Crippen LogP contribution in [0.1, 0.15) is 18.1 Å². The van der Waals surface area contributed by atoms with Gasteiger partial charge in [0, 0.05) is 0 Å². The molecule has 0 spiro atoms. The van der Waals surface area contributed by atoms with Crippen LogP contribution in [-0.2, 0) is 6.61 Å². The molecule has 1 N–H and O–H groups in total. The van der Waals surface area contributed by atoms with Gasteiger partial charge in [-0.15, -0.1) is 4.68 Å². The Morgan fingerprint density at radius 2 is 1.78 bits per heavy atom. The Balaban J connectivity index is 1.59. The number of nitrogens with zero attached hydrogens (tertiary/aromatic N) is 2. The maximum absolute atomic E-state index is 13.1. The molecule has 0 aliphatic rings. The van der Waals surface area contributed by atoms with E-state index in [9.17, 15) is 14.0 Å². The molecule has 0 saturated heterocycles. The first kappa shape index (κ1) is 21.0. The second-order valence-electron chi connectivity index (χ2n) is 6.89. The summed E-state index contributed by atoms with van der Waals surface area (Å²) in [5.74, 6) is 0.684. The molecule has 1 aromatic heterocycles. The molecule has 4 rings (SSSR count). The standard InChI is InChI=1S/C24H20FN3O4/c1-2-31-22-13-17(9-12-21(22)32-15-16-7-10-18(25)11-8-16)14-26-28-23(29)19-5-3-4-6-20(19)27-24(28)30/h3-14H,2,15H2,1H3,(H,27,30). The third-order valence-electron chi connectivity index (χ3n) is 4.68. The van der Waals surface area contributed by atoms with Gasteiger partial charge in [-0.1, -0.05) is 24.3 Å². The van der Waals surface area contributed by atoms with Crippen LogP contribution in [0.3, 0.4) is 0 Å². The summed E-state index contributed by atoms with van der Waals surface area (Å²) >= 11 is 0. The van der Waals surface area contributed by atoms with Crippen molar-refractivity contribution in [2.45, 2.75) is 13.5 Å². The predicted octanol–water partition coefficient (Wildman–Crippen LogP) is 3.69. The largest absolute Gasteiger partial charge is 0.490 e. The molecule has 3 aromatic carbocycles. The number of aromatic amines is 1. The molecule has 4 aromatic rings. The molecule has 1 heterocycles. The second kappa shape index (κ2) is 9.30. The van der Waals surface area contributed by atoms with E-state index in [1.54, 1.807) is 54.6 Å². The maximum Gasteiger partial charge on any atom is 0.349 e. The van der Waals surface area contributed by atoms with E-state index in [4.69, 9.17) is 9.47 Å². The van der Waals surface area contributed by atoms with Crippen molar-refractivity contribution >= 4 is 17.1 Å². The van der Waals surface area contributed by atoms with Crippen molar-refractivity contribution < 1.29 is 13.9 Å². The number of para-hydroxylation sites is 1. The summed E-state index contributed by atoms with van der Waals surface area (Å²) in [6, 6.07) is 17.9. The number of benzene rings is 3. The van der Waals surface area contributed by atoms with Crippen LogP contribution in [0.25, 0.3) is 10.9 Å². The van der Waals surface area contributed by atoms with E-state index < -0.39 is 11.2 Å². The highest BCUT2D eigenvalue weighted by Crippen LogP contribution is 2.29. The highest BCUT2D eigenvalue weighted by molar-refractivity contribution is 5.81. The normalized spacial score (nSPS) is 11.2. The molecule has 0 bridgehead atoms. The number of halogens is 1. The van der Waals surface area contributed by atoms with Gasteiger partial charge in [-0.3, -0.25) is 4.79 Å². The summed E-state index contributed by atoms with van der Waals surface area (Å²) in [5.41, 5.74) is 0.741. The van der Waals surface area contributed by atoms with Crippen LogP contribution in [0.4, 0.5) is 4.39 Å². The molecule has 0 radical (unpaired) electrons. The van der Waals surface area contributed by atoms with Crippen LogP contribution in [0.2, 0.25) is 0 Å². The molecule has 162 valence electrons. The summed E-state index contributed by atoms with van der Waals surface area (Å²) in [6.07, 6.45) is 1.40. The number of fused-ring (bicyclic) bond motifs is 1. The number of hydrogen-bond acceptors (Lipinski definition) is 5. The number of ether oxygens (including phenoxy) is 2. The maximum atomic E-state index is 13.1. The smallest absolute Gasteiger partial charge is 0.349 e. The molecule has 0 amide bonds. The van der Waals surface area contributed by atoms with Gasteiger partial charge in [0.2, 0.25) is 0 Å². The summed E-state index contributed by atoms with van der Waals surface area (Å²) in [4.78, 5) is 27.5.